The normalized spacial score (nSPS) is 10.1. The molecule has 18 heavy (non-hydrogen) atoms. The van der Waals surface area contributed by atoms with E-state index in [2.05, 4.69) is 0 Å². The Morgan fingerprint density at radius 1 is 0.889 bits per heavy atom. The summed E-state index contributed by atoms with van der Waals surface area (Å²) < 4.78 is 34.2. The second-order valence-corrected chi connectivity index (χ2v) is 4.73. The van der Waals surface area contributed by atoms with Crippen LogP contribution in [0.25, 0.3) is 0 Å². The lowest BCUT2D eigenvalue weighted by Crippen LogP contribution is -1.96. The van der Waals surface area contributed by atoms with Gasteiger partial charge >= 0.3 is 0 Å². The van der Waals surface area contributed by atoms with E-state index in [4.69, 9.17) is 9.29 Å². The van der Waals surface area contributed by atoms with Gasteiger partial charge in [0.25, 0.3) is 10.1 Å². The van der Waals surface area contributed by atoms with Crippen molar-refractivity contribution in [2.75, 3.05) is 7.11 Å². The Balaban J connectivity index is 0.000000184. The Morgan fingerprint density at radius 2 is 1.33 bits per heavy atom. The lowest BCUT2D eigenvalue weighted by atomic mass is 10.3. The van der Waals surface area contributed by atoms with Crippen LogP contribution in [-0.4, -0.2) is 20.1 Å². The number of ether oxygens (including phenoxy) is 1. The summed E-state index contributed by atoms with van der Waals surface area (Å²) in [7, 11) is -2.34. The number of hydrogen-bond acceptors (Lipinski definition) is 3. The van der Waals surface area contributed by atoms with Gasteiger partial charge in [0.15, 0.2) is 0 Å². The molecule has 0 spiro atoms. The van der Waals surface area contributed by atoms with E-state index in [-0.39, 0.29) is 4.90 Å². The van der Waals surface area contributed by atoms with E-state index in [1.165, 1.54) is 12.1 Å². The molecule has 0 saturated heterocycles. The summed E-state index contributed by atoms with van der Waals surface area (Å²) in [5.74, 6) is 0.910. The third-order valence-electron chi connectivity index (χ3n) is 2.02. The zero-order chi connectivity index (χ0) is 13.4. The highest BCUT2D eigenvalue weighted by Gasteiger charge is 2.05. The lowest BCUT2D eigenvalue weighted by molar-refractivity contribution is 0.415. The third kappa shape index (κ3) is 4.99. The maximum absolute atomic E-state index is 10.4. The highest BCUT2D eigenvalue weighted by molar-refractivity contribution is 7.85. The summed E-state index contributed by atoms with van der Waals surface area (Å²) in [5, 5.41) is 0. The largest absolute Gasteiger partial charge is 0.497 e. The highest BCUT2D eigenvalue weighted by Crippen LogP contribution is 2.06. The fourth-order valence-electron chi connectivity index (χ4n) is 1.15. The molecule has 0 radical (unpaired) electrons. The van der Waals surface area contributed by atoms with Crippen LogP contribution in [0.5, 0.6) is 5.75 Å². The number of rotatable bonds is 2. The minimum Gasteiger partial charge on any atom is -0.497 e. The SMILES string of the molecule is COc1ccccc1.O=S(=O)(O)c1ccccc1. The van der Waals surface area contributed by atoms with Gasteiger partial charge in [0, 0.05) is 0 Å². The topological polar surface area (TPSA) is 63.6 Å². The average molecular weight is 266 g/mol. The van der Waals surface area contributed by atoms with Gasteiger partial charge in [-0.3, -0.25) is 4.55 Å². The van der Waals surface area contributed by atoms with Gasteiger partial charge in [-0.2, -0.15) is 8.42 Å². The van der Waals surface area contributed by atoms with E-state index in [0.717, 1.165) is 5.75 Å². The molecule has 0 aromatic heterocycles. The van der Waals surface area contributed by atoms with E-state index in [1.54, 1.807) is 25.3 Å². The maximum atomic E-state index is 10.4. The highest BCUT2D eigenvalue weighted by atomic mass is 32.2. The molecule has 2 rings (SSSR count). The van der Waals surface area contributed by atoms with Gasteiger partial charge < -0.3 is 4.74 Å². The van der Waals surface area contributed by atoms with Gasteiger partial charge in [-0.15, -0.1) is 0 Å². The molecule has 0 saturated carbocycles. The van der Waals surface area contributed by atoms with Crippen molar-refractivity contribution in [3.63, 3.8) is 0 Å². The van der Waals surface area contributed by atoms with Crippen LogP contribution in [-0.2, 0) is 10.1 Å². The Labute approximate surface area is 107 Å². The Hall–Kier alpha value is -1.85. The first-order valence-corrected chi connectivity index (χ1v) is 6.59. The molecule has 0 heterocycles. The standard InChI is InChI=1S/C7H8O.C6H6O3S/c1-8-7-5-3-2-4-6-7;7-10(8,9)6-4-2-1-3-5-6/h2-6H,1H3;1-5H,(H,7,8,9). The zero-order valence-electron chi connectivity index (χ0n) is 9.85. The minimum absolute atomic E-state index is 0.0741. The minimum atomic E-state index is -4.00. The summed E-state index contributed by atoms with van der Waals surface area (Å²) in [6.07, 6.45) is 0. The molecule has 0 aliphatic heterocycles. The average Bonchev–Trinajstić information content (AvgIpc) is 2.40. The smallest absolute Gasteiger partial charge is 0.294 e. The molecular formula is C13H14O4S. The Morgan fingerprint density at radius 3 is 1.61 bits per heavy atom. The van der Waals surface area contributed by atoms with Crippen molar-refractivity contribution in [2.45, 2.75) is 4.90 Å². The van der Waals surface area contributed by atoms with Crippen LogP contribution >= 0.6 is 0 Å². The van der Waals surface area contributed by atoms with E-state index in [9.17, 15) is 8.42 Å². The number of methoxy groups -OCH3 is 1. The molecule has 0 unspecified atom stereocenters. The summed E-state index contributed by atoms with van der Waals surface area (Å²) in [4.78, 5) is -0.0741. The molecule has 4 nitrogen and oxygen atoms in total. The molecule has 5 heteroatoms. The second kappa shape index (κ2) is 6.78. The summed E-state index contributed by atoms with van der Waals surface area (Å²) >= 11 is 0. The van der Waals surface area contributed by atoms with Gasteiger partial charge in [0.1, 0.15) is 5.75 Å². The van der Waals surface area contributed by atoms with Crippen molar-refractivity contribution >= 4 is 10.1 Å². The first kappa shape index (κ1) is 14.2. The van der Waals surface area contributed by atoms with Crippen LogP contribution in [0, 0.1) is 0 Å². The zero-order valence-corrected chi connectivity index (χ0v) is 10.7. The van der Waals surface area contributed by atoms with E-state index < -0.39 is 10.1 Å². The van der Waals surface area contributed by atoms with Crippen LogP contribution < -0.4 is 4.74 Å². The Bertz CT molecular complexity index is 550. The molecule has 0 fully saturated rings. The van der Waals surface area contributed by atoms with E-state index in [0.29, 0.717) is 0 Å². The van der Waals surface area contributed by atoms with Crippen LogP contribution in [0.1, 0.15) is 0 Å². The van der Waals surface area contributed by atoms with Crippen molar-refractivity contribution in [1.29, 1.82) is 0 Å². The number of hydrogen-bond donors (Lipinski definition) is 1. The summed E-state index contributed by atoms with van der Waals surface area (Å²) in [6.45, 7) is 0. The molecule has 0 bridgehead atoms. The molecular weight excluding hydrogens is 252 g/mol. The monoisotopic (exact) mass is 266 g/mol. The van der Waals surface area contributed by atoms with Crippen molar-refractivity contribution < 1.29 is 17.7 Å². The van der Waals surface area contributed by atoms with Crippen molar-refractivity contribution in [1.82, 2.24) is 0 Å². The van der Waals surface area contributed by atoms with Crippen LogP contribution in [0.4, 0.5) is 0 Å². The van der Waals surface area contributed by atoms with Gasteiger partial charge in [-0.25, -0.2) is 0 Å². The van der Waals surface area contributed by atoms with E-state index in [1.807, 2.05) is 30.3 Å². The third-order valence-corrected chi connectivity index (χ3v) is 2.89. The predicted octanol–water partition coefficient (Wildman–Crippen LogP) is 2.63. The molecule has 0 aliphatic rings. The van der Waals surface area contributed by atoms with E-state index >= 15 is 0 Å². The molecule has 2 aromatic rings. The predicted molar refractivity (Wildman–Crippen MR) is 69.3 cm³/mol. The molecule has 2 aromatic carbocycles. The van der Waals surface area contributed by atoms with Gasteiger partial charge in [-0.05, 0) is 24.3 Å². The second-order valence-electron chi connectivity index (χ2n) is 3.31. The first-order valence-electron chi connectivity index (χ1n) is 5.15. The molecule has 1 N–H and O–H groups in total. The van der Waals surface area contributed by atoms with Crippen LogP contribution in [0.2, 0.25) is 0 Å². The lowest BCUT2D eigenvalue weighted by Gasteiger charge is -1.93. The fourth-order valence-corrected chi connectivity index (χ4v) is 1.65. The Kier molecular flexibility index (Phi) is 5.35. The van der Waals surface area contributed by atoms with Crippen molar-refractivity contribution in [3.05, 3.63) is 60.7 Å². The van der Waals surface area contributed by atoms with Crippen molar-refractivity contribution in [3.8, 4) is 5.75 Å². The summed E-state index contributed by atoms with van der Waals surface area (Å²) in [6, 6.07) is 17.1. The van der Waals surface area contributed by atoms with Gasteiger partial charge in [-0.1, -0.05) is 36.4 Å². The van der Waals surface area contributed by atoms with Crippen LogP contribution in [0.15, 0.2) is 65.6 Å². The molecule has 0 aliphatic carbocycles. The van der Waals surface area contributed by atoms with Gasteiger partial charge in [0.2, 0.25) is 0 Å². The maximum Gasteiger partial charge on any atom is 0.294 e. The van der Waals surface area contributed by atoms with Crippen molar-refractivity contribution in [2.24, 2.45) is 0 Å². The number of benzene rings is 2. The molecule has 96 valence electrons. The first-order chi connectivity index (χ1) is 8.54. The molecule has 0 atom stereocenters. The number of para-hydroxylation sites is 1. The molecule has 0 amide bonds. The van der Waals surface area contributed by atoms with Gasteiger partial charge in [0.05, 0.1) is 12.0 Å². The fraction of sp³-hybridized carbons (Fsp3) is 0.0769. The quantitative estimate of drug-likeness (QED) is 0.849. The summed E-state index contributed by atoms with van der Waals surface area (Å²) in [5.41, 5.74) is 0. The van der Waals surface area contributed by atoms with Crippen LogP contribution in [0.3, 0.4) is 0 Å².